The van der Waals surface area contributed by atoms with E-state index in [2.05, 4.69) is 19.2 Å². The van der Waals surface area contributed by atoms with Gasteiger partial charge in [0, 0.05) is 13.0 Å². The zero-order chi connectivity index (χ0) is 41.8. The highest BCUT2D eigenvalue weighted by Gasteiger charge is 2.26. The van der Waals surface area contributed by atoms with E-state index in [1.165, 1.54) is 199 Å². The van der Waals surface area contributed by atoms with Gasteiger partial charge in [0.15, 0.2) is 0 Å². The lowest BCUT2D eigenvalue weighted by Gasteiger charge is -2.23. The Kier molecular flexibility index (Phi) is 44.2. The van der Waals surface area contributed by atoms with Gasteiger partial charge in [0.05, 0.1) is 25.4 Å². The van der Waals surface area contributed by atoms with Gasteiger partial charge in [-0.3, -0.25) is 13.8 Å². The second-order valence-corrected chi connectivity index (χ2v) is 18.5. The molecule has 5 N–H and O–H groups in total. The Labute approximate surface area is 354 Å². The maximum absolute atomic E-state index is 12.8. The number of hydrogen-bond donors (Lipinski definition) is 4. The lowest BCUT2D eigenvalue weighted by Crippen LogP contribution is -2.45. The molecule has 0 aliphatic rings. The van der Waals surface area contributed by atoms with Crippen LogP contribution in [0.4, 0.5) is 0 Å². The third-order valence-electron chi connectivity index (χ3n) is 11.4. The molecule has 0 aromatic rings. The molecule has 0 fully saturated rings. The molecular formula is C48H97N2O6P. The summed E-state index contributed by atoms with van der Waals surface area (Å²) in [5, 5.41) is 13.6. The number of nitrogens with one attached hydrogen (secondary N) is 1. The van der Waals surface area contributed by atoms with E-state index in [1.54, 1.807) is 6.08 Å². The standard InChI is InChI=1S/C48H97N2O6P/c1-3-5-7-9-11-13-15-16-17-18-19-20-21-22-23-24-25-26-27-28-29-30-31-32-34-36-38-40-42-48(52)50-46(45-56-57(53,54)55-44-43-49)47(51)41-39-37-35-33-14-12-10-8-6-4-2/h39,41,46-47,51H,3-38,40,42-45,49H2,1-2H3,(H,50,52)(H,53,54)/b41-39+/t46-,47+/m0/s1. The van der Waals surface area contributed by atoms with Gasteiger partial charge in [0.2, 0.25) is 5.91 Å². The van der Waals surface area contributed by atoms with E-state index in [1.807, 2.05) is 6.08 Å². The van der Waals surface area contributed by atoms with E-state index >= 15 is 0 Å². The third kappa shape index (κ3) is 43.1. The number of aliphatic hydroxyl groups is 1. The molecule has 0 heterocycles. The minimum Gasteiger partial charge on any atom is -0.387 e. The summed E-state index contributed by atoms with van der Waals surface area (Å²) in [6.45, 7) is 4.14. The smallest absolute Gasteiger partial charge is 0.387 e. The largest absolute Gasteiger partial charge is 0.472 e. The molecule has 0 rings (SSSR count). The Bertz CT molecular complexity index is 906. The molecule has 9 heteroatoms. The first-order valence-electron chi connectivity index (χ1n) is 24.8. The molecule has 8 nitrogen and oxygen atoms in total. The Morgan fingerprint density at radius 2 is 0.895 bits per heavy atom. The fraction of sp³-hybridized carbons (Fsp3) is 0.938. The molecule has 0 bridgehead atoms. The number of carbonyl (C=O) groups excluding carboxylic acids is 1. The van der Waals surface area contributed by atoms with Crippen LogP contribution < -0.4 is 11.1 Å². The van der Waals surface area contributed by atoms with Crippen LogP contribution in [0, 0.1) is 0 Å². The number of nitrogens with two attached hydrogens (primary N) is 1. The first-order chi connectivity index (χ1) is 27.9. The Balaban J connectivity index is 3.86. The van der Waals surface area contributed by atoms with Crippen LogP contribution in [0.2, 0.25) is 0 Å². The Morgan fingerprint density at radius 3 is 1.25 bits per heavy atom. The molecule has 340 valence electrons. The molecular weight excluding hydrogens is 732 g/mol. The van der Waals surface area contributed by atoms with E-state index in [4.69, 9.17) is 14.8 Å². The summed E-state index contributed by atoms with van der Waals surface area (Å²) in [5.74, 6) is -0.190. The molecule has 3 atom stereocenters. The van der Waals surface area contributed by atoms with Gasteiger partial charge in [-0.25, -0.2) is 4.57 Å². The van der Waals surface area contributed by atoms with Gasteiger partial charge >= 0.3 is 7.82 Å². The number of aliphatic hydroxyl groups excluding tert-OH is 1. The number of unbranched alkanes of at least 4 members (excludes halogenated alkanes) is 35. The number of allylic oxidation sites excluding steroid dienone is 1. The number of phosphoric acid groups is 1. The lowest BCUT2D eigenvalue weighted by atomic mass is 10.0. The van der Waals surface area contributed by atoms with Crippen LogP contribution in [-0.2, 0) is 18.4 Å². The second kappa shape index (κ2) is 44.8. The van der Waals surface area contributed by atoms with Crippen molar-refractivity contribution < 1.29 is 28.4 Å². The van der Waals surface area contributed by atoms with E-state index < -0.39 is 20.0 Å². The Morgan fingerprint density at radius 1 is 0.561 bits per heavy atom. The molecule has 0 aliphatic heterocycles. The first-order valence-corrected chi connectivity index (χ1v) is 26.3. The maximum atomic E-state index is 12.8. The van der Waals surface area contributed by atoms with Crippen LogP contribution in [0.1, 0.15) is 258 Å². The SMILES string of the molecule is CCCCCCCCCC/C=C/[C@@H](O)[C@H](COP(=O)(O)OCCN)NC(=O)CCCCCCCCCCCCCCCCCCCCCCCCCCCCCC. The van der Waals surface area contributed by atoms with Crippen molar-refractivity contribution >= 4 is 13.7 Å². The van der Waals surface area contributed by atoms with Crippen molar-refractivity contribution in [2.75, 3.05) is 19.8 Å². The summed E-state index contributed by atoms with van der Waals surface area (Å²) >= 11 is 0. The molecule has 0 saturated heterocycles. The monoisotopic (exact) mass is 829 g/mol. The van der Waals surface area contributed by atoms with E-state index in [0.29, 0.717) is 6.42 Å². The topological polar surface area (TPSA) is 131 Å². The highest BCUT2D eigenvalue weighted by molar-refractivity contribution is 7.47. The predicted molar refractivity (Wildman–Crippen MR) is 245 cm³/mol. The van der Waals surface area contributed by atoms with Crippen LogP contribution in [0.3, 0.4) is 0 Å². The number of phosphoric ester groups is 1. The zero-order valence-electron chi connectivity index (χ0n) is 37.9. The van der Waals surface area contributed by atoms with Gasteiger partial charge in [0.1, 0.15) is 0 Å². The summed E-state index contributed by atoms with van der Waals surface area (Å²) < 4.78 is 22.1. The molecule has 0 aromatic heterocycles. The molecule has 0 aliphatic carbocycles. The van der Waals surface area contributed by atoms with Gasteiger partial charge in [-0.05, 0) is 19.3 Å². The molecule has 0 radical (unpaired) electrons. The van der Waals surface area contributed by atoms with E-state index in [-0.39, 0.29) is 25.7 Å². The minimum atomic E-state index is -4.33. The normalized spacial score (nSPS) is 14.0. The molecule has 57 heavy (non-hydrogen) atoms. The summed E-state index contributed by atoms with van der Waals surface area (Å²) in [7, 11) is -4.33. The summed E-state index contributed by atoms with van der Waals surface area (Å²) in [6, 6.07) is -0.854. The highest BCUT2D eigenvalue weighted by Crippen LogP contribution is 2.43. The second-order valence-electron chi connectivity index (χ2n) is 17.0. The van der Waals surface area contributed by atoms with Gasteiger partial charge < -0.3 is 21.1 Å². The van der Waals surface area contributed by atoms with E-state index in [9.17, 15) is 19.4 Å². The quantitative estimate of drug-likeness (QED) is 0.0273. The van der Waals surface area contributed by atoms with Crippen molar-refractivity contribution in [2.45, 2.75) is 270 Å². The van der Waals surface area contributed by atoms with Gasteiger partial charge in [0.25, 0.3) is 0 Å². The van der Waals surface area contributed by atoms with Crippen molar-refractivity contribution in [3.8, 4) is 0 Å². The summed E-state index contributed by atoms with van der Waals surface area (Å²) in [4.78, 5) is 22.7. The fourth-order valence-electron chi connectivity index (χ4n) is 7.61. The number of hydrogen-bond acceptors (Lipinski definition) is 6. The van der Waals surface area contributed by atoms with Crippen LogP contribution in [0.25, 0.3) is 0 Å². The average Bonchev–Trinajstić information content (AvgIpc) is 3.20. The lowest BCUT2D eigenvalue weighted by molar-refractivity contribution is -0.123. The van der Waals surface area contributed by atoms with Crippen molar-refractivity contribution in [1.29, 1.82) is 0 Å². The van der Waals surface area contributed by atoms with Gasteiger partial charge in [-0.15, -0.1) is 0 Å². The van der Waals surface area contributed by atoms with Crippen molar-refractivity contribution in [3.05, 3.63) is 12.2 Å². The summed E-state index contributed by atoms with van der Waals surface area (Å²) in [5.41, 5.74) is 5.37. The molecule has 0 aromatic carbocycles. The predicted octanol–water partition coefficient (Wildman–Crippen LogP) is 14.3. The number of carbonyl (C=O) groups is 1. The van der Waals surface area contributed by atoms with Gasteiger partial charge in [-0.2, -0.15) is 0 Å². The van der Waals surface area contributed by atoms with Crippen molar-refractivity contribution in [1.82, 2.24) is 5.32 Å². The number of amides is 1. The van der Waals surface area contributed by atoms with Gasteiger partial charge in [-0.1, -0.05) is 244 Å². The minimum absolute atomic E-state index is 0.0812. The van der Waals surface area contributed by atoms with Crippen LogP contribution in [-0.4, -0.2) is 47.8 Å². The fourth-order valence-corrected chi connectivity index (χ4v) is 8.36. The Hall–Kier alpha value is -0.760. The van der Waals surface area contributed by atoms with Crippen LogP contribution in [0.5, 0.6) is 0 Å². The van der Waals surface area contributed by atoms with Crippen molar-refractivity contribution in [2.24, 2.45) is 5.73 Å². The summed E-state index contributed by atoms with van der Waals surface area (Å²) in [6.07, 6.45) is 51.6. The van der Waals surface area contributed by atoms with Crippen LogP contribution >= 0.6 is 7.82 Å². The zero-order valence-corrected chi connectivity index (χ0v) is 38.7. The molecule has 1 unspecified atom stereocenters. The third-order valence-corrected chi connectivity index (χ3v) is 12.3. The average molecular weight is 829 g/mol. The molecule has 0 saturated carbocycles. The highest BCUT2D eigenvalue weighted by atomic mass is 31.2. The van der Waals surface area contributed by atoms with Crippen molar-refractivity contribution in [3.63, 3.8) is 0 Å². The first kappa shape index (κ1) is 56.2. The van der Waals surface area contributed by atoms with Crippen LogP contribution in [0.15, 0.2) is 12.2 Å². The molecule has 0 spiro atoms. The molecule has 1 amide bonds. The number of rotatable bonds is 47. The maximum Gasteiger partial charge on any atom is 0.472 e. The van der Waals surface area contributed by atoms with E-state index in [0.717, 1.165) is 38.5 Å².